The van der Waals surface area contributed by atoms with Gasteiger partial charge in [-0.25, -0.2) is 9.78 Å². The maximum absolute atomic E-state index is 12.1. The lowest BCUT2D eigenvalue weighted by Gasteiger charge is -2.18. The van der Waals surface area contributed by atoms with E-state index in [0.717, 1.165) is 21.3 Å². The normalized spacial score (nSPS) is 11.5. The fourth-order valence-electron chi connectivity index (χ4n) is 1.73. The van der Waals surface area contributed by atoms with Crippen molar-refractivity contribution in [3.8, 4) is 22.9 Å². The predicted molar refractivity (Wildman–Crippen MR) is 85.3 cm³/mol. The summed E-state index contributed by atoms with van der Waals surface area (Å²) in [4.78, 5) is 22.2. The Morgan fingerprint density at radius 3 is 2.95 bits per heavy atom. The lowest BCUT2D eigenvalue weighted by Crippen LogP contribution is -2.41. The topological polar surface area (TPSA) is 58.1 Å². The van der Waals surface area contributed by atoms with Crippen molar-refractivity contribution in [1.82, 2.24) is 15.3 Å². The minimum absolute atomic E-state index is 0.245. The molecule has 2 rings (SSSR count). The van der Waals surface area contributed by atoms with Crippen molar-refractivity contribution < 1.29 is 4.79 Å². The molecule has 2 aromatic heterocycles. The molecule has 2 aromatic rings. The summed E-state index contributed by atoms with van der Waals surface area (Å²) >= 11 is 1.45. The number of nitrogens with zero attached hydrogens (tertiary/aromatic N) is 3. The first kappa shape index (κ1) is 15.0. The van der Waals surface area contributed by atoms with Crippen LogP contribution in [0.3, 0.4) is 0 Å². The Morgan fingerprint density at radius 1 is 1.57 bits per heavy atom. The first-order valence-corrected chi connectivity index (χ1v) is 7.22. The number of hydrogen-bond acceptors (Lipinski definition) is 4. The Labute approximate surface area is 128 Å². The Morgan fingerprint density at radius 2 is 2.33 bits per heavy atom. The monoisotopic (exact) mass is 300 g/mol. The van der Waals surface area contributed by atoms with Gasteiger partial charge in [-0.1, -0.05) is 17.3 Å². The van der Waals surface area contributed by atoms with E-state index in [4.69, 9.17) is 6.42 Å². The molecule has 5 nitrogen and oxygen atoms in total. The van der Waals surface area contributed by atoms with Crippen molar-refractivity contribution in [1.29, 1.82) is 0 Å². The largest absolute Gasteiger partial charge is 0.324 e. The average Bonchev–Trinajstić information content (AvgIpc) is 2.89. The summed E-state index contributed by atoms with van der Waals surface area (Å²) in [5.41, 5.74) is 1.73. The first-order chi connectivity index (χ1) is 10.0. The summed E-state index contributed by atoms with van der Waals surface area (Å²) in [6.07, 6.45) is 8.74. The average molecular weight is 300 g/mol. The van der Waals surface area contributed by atoms with E-state index in [0.29, 0.717) is 0 Å². The molecule has 0 aliphatic heterocycles. The molecule has 2 amide bonds. The predicted octanol–water partition coefficient (Wildman–Crippen LogP) is 2.68. The Balaban J connectivity index is 2.23. The maximum atomic E-state index is 12.1. The van der Waals surface area contributed by atoms with Gasteiger partial charge in [0.25, 0.3) is 0 Å². The summed E-state index contributed by atoms with van der Waals surface area (Å²) in [7, 11) is 1.70. The molecule has 0 bridgehead atoms. The summed E-state index contributed by atoms with van der Waals surface area (Å²) in [5, 5.41) is 4.34. The van der Waals surface area contributed by atoms with E-state index < -0.39 is 0 Å². The van der Waals surface area contributed by atoms with Crippen LogP contribution in [0.2, 0.25) is 0 Å². The number of aryl methyl sites for hydroxylation is 1. The molecule has 1 unspecified atom stereocenters. The van der Waals surface area contributed by atoms with Gasteiger partial charge in [0, 0.05) is 25.0 Å². The lowest BCUT2D eigenvalue weighted by atomic mass is 10.3. The number of carbonyl (C=O) groups excluding carboxylic acids is 1. The van der Waals surface area contributed by atoms with Crippen LogP contribution in [0.25, 0.3) is 10.6 Å². The van der Waals surface area contributed by atoms with Crippen LogP contribution in [0.15, 0.2) is 24.5 Å². The highest BCUT2D eigenvalue weighted by molar-refractivity contribution is 7.19. The van der Waals surface area contributed by atoms with E-state index in [1.54, 1.807) is 26.4 Å². The minimum Gasteiger partial charge on any atom is -0.324 e. The molecular formula is C15H16N4OS. The molecule has 0 saturated heterocycles. The van der Waals surface area contributed by atoms with Gasteiger partial charge in [-0.3, -0.25) is 9.88 Å². The Bertz CT molecular complexity index is 675. The van der Waals surface area contributed by atoms with Crippen molar-refractivity contribution in [2.45, 2.75) is 19.9 Å². The van der Waals surface area contributed by atoms with E-state index in [1.165, 1.54) is 16.2 Å². The third-order valence-corrected chi connectivity index (χ3v) is 4.16. The molecule has 0 fully saturated rings. The van der Waals surface area contributed by atoms with Gasteiger partial charge in [-0.2, -0.15) is 0 Å². The van der Waals surface area contributed by atoms with Crippen LogP contribution >= 0.6 is 11.3 Å². The molecule has 1 atom stereocenters. The molecule has 0 aliphatic rings. The molecule has 0 aromatic carbocycles. The van der Waals surface area contributed by atoms with E-state index in [9.17, 15) is 4.79 Å². The zero-order valence-electron chi connectivity index (χ0n) is 12.1. The van der Waals surface area contributed by atoms with Crippen molar-refractivity contribution in [3.63, 3.8) is 0 Å². The first-order valence-electron chi connectivity index (χ1n) is 6.41. The highest BCUT2D eigenvalue weighted by Gasteiger charge is 2.19. The van der Waals surface area contributed by atoms with Crippen LogP contribution in [0.4, 0.5) is 9.80 Å². The number of amides is 2. The van der Waals surface area contributed by atoms with Crippen molar-refractivity contribution >= 4 is 22.4 Å². The van der Waals surface area contributed by atoms with Gasteiger partial charge >= 0.3 is 6.03 Å². The number of rotatable bonds is 3. The maximum Gasteiger partial charge on any atom is 0.323 e. The van der Waals surface area contributed by atoms with Crippen molar-refractivity contribution in [3.05, 3.63) is 30.2 Å². The van der Waals surface area contributed by atoms with Gasteiger partial charge in [0.05, 0.1) is 11.7 Å². The molecule has 0 spiro atoms. The lowest BCUT2D eigenvalue weighted by molar-refractivity contribution is 0.246. The Kier molecular flexibility index (Phi) is 4.55. The van der Waals surface area contributed by atoms with Crippen molar-refractivity contribution in [2.75, 3.05) is 11.9 Å². The number of urea groups is 1. The van der Waals surface area contributed by atoms with Gasteiger partial charge in [-0.15, -0.1) is 6.42 Å². The summed E-state index contributed by atoms with van der Waals surface area (Å²) in [6.45, 7) is 3.63. The molecule has 1 N–H and O–H groups in total. The standard InChI is InChI=1S/C15H16N4OS/c1-5-10(2)17-15(20)19(4)14-11(3)18-13(21-14)12-7-6-8-16-9-12/h1,6-10H,2-4H3,(H,17,20). The molecule has 0 saturated carbocycles. The zero-order chi connectivity index (χ0) is 15.4. The number of anilines is 1. The van der Waals surface area contributed by atoms with Crippen LogP contribution in [-0.2, 0) is 0 Å². The van der Waals surface area contributed by atoms with Crippen LogP contribution in [0.1, 0.15) is 12.6 Å². The molecule has 0 radical (unpaired) electrons. The summed E-state index contributed by atoms with van der Waals surface area (Å²) in [6, 6.07) is 3.24. The minimum atomic E-state index is -0.314. The molecule has 6 heteroatoms. The van der Waals surface area contributed by atoms with Crippen LogP contribution in [0, 0.1) is 19.3 Å². The fraction of sp³-hybridized carbons (Fsp3) is 0.267. The number of thiazole rings is 1. The molecule has 0 aliphatic carbocycles. The van der Waals surface area contributed by atoms with Gasteiger partial charge < -0.3 is 5.32 Å². The van der Waals surface area contributed by atoms with E-state index in [1.807, 2.05) is 19.1 Å². The highest BCUT2D eigenvalue weighted by Crippen LogP contribution is 2.33. The fourth-order valence-corrected chi connectivity index (χ4v) is 2.75. The van der Waals surface area contributed by atoms with Gasteiger partial charge in [0.1, 0.15) is 10.0 Å². The number of carbonyl (C=O) groups is 1. The second-order valence-corrected chi connectivity index (χ2v) is 5.53. The molecule has 108 valence electrons. The Hall–Kier alpha value is -2.39. The van der Waals surface area contributed by atoms with E-state index >= 15 is 0 Å². The SMILES string of the molecule is C#CC(C)NC(=O)N(C)c1sc(-c2cccnc2)nc1C. The van der Waals surface area contributed by atoms with E-state index in [-0.39, 0.29) is 12.1 Å². The number of hydrogen-bond donors (Lipinski definition) is 1. The molecule has 21 heavy (non-hydrogen) atoms. The smallest absolute Gasteiger partial charge is 0.323 e. The second-order valence-electron chi connectivity index (χ2n) is 4.55. The second kappa shape index (κ2) is 6.37. The van der Waals surface area contributed by atoms with Crippen LogP contribution in [-0.4, -0.2) is 29.1 Å². The summed E-state index contributed by atoms with van der Waals surface area (Å²) in [5.74, 6) is 2.47. The number of pyridine rings is 1. The van der Waals surface area contributed by atoms with Crippen LogP contribution < -0.4 is 10.2 Å². The van der Waals surface area contributed by atoms with Gasteiger partial charge in [0.15, 0.2) is 0 Å². The van der Waals surface area contributed by atoms with Gasteiger partial charge in [-0.05, 0) is 26.0 Å². The number of terminal acetylenes is 1. The quantitative estimate of drug-likeness (QED) is 0.887. The molecular weight excluding hydrogens is 284 g/mol. The number of nitrogens with one attached hydrogen (secondary N) is 1. The van der Waals surface area contributed by atoms with Gasteiger partial charge in [0.2, 0.25) is 0 Å². The summed E-state index contributed by atoms with van der Waals surface area (Å²) < 4.78 is 0. The highest BCUT2D eigenvalue weighted by atomic mass is 32.1. The van der Waals surface area contributed by atoms with Crippen LogP contribution in [0.5, 0.6) is 0 Å². The van der Waals surface area contributed by atoms with Crippen molar-refractivity contribution in [2.24, 2.45) is 0 Å². The number of aromatic nitrogens is 2. The third kappa shape index (κ3) is 3.38. The molecule has 2 heterocycles. The zero-order valence-corrected chi connectivity index (χ0v) is 12.9. The van der Waals surface area contributed by atoms with E-state index in [2.05, 4.69) is 21.2 Å². The third-order valence-electron chi connectivity index (χ3n) is 2.88.